The summed E-state index contributed by atoms with van der Waals surface area (Å²) >= 11 is 0. The second kappa shape index (κ2) is 6.19. The van der Waals surface area contributed by atoms with Gasteiger partial charge in [0.25, 0.3) is 0 Å². The van der Waals surface area contributed by atoms with Crippen LogP contribution in [0.1, 0.15) is 59.8 Å². The Kier molecular flexibility index (Phi) is 3.75. The normalized spacial score (nSPS) is 17.0. The van der Waals surface area contributed by atoms with Crippen molar-refractivity contribution in [2.75, 3.05) is 0 Å². The van der Waals surface area contributed by atoms with Gasteiger partial charge < -0.3 is 4.57 Å². The van der Waals surface area contributed by atoms with Crippen molar-refractivity contribution in [1.29, 1.82) is 0 Å². The number of aryl methyl sites for hydroxylation is 5. The van der Waals surface area contributed by atoms with Gasteiger partial charge >= 0.3 is 0 Å². The van der Waals surface area contributed by atoms with Gasteiger partial charge in [-0.2, -0.15) is 9.61 Å². The molecule has 0 amide bonds. The van der Waals surface area contributed by atoms with Crippen molar-refractivity contribution in [3.05, 3.63) is 52.5 Å². The Balaban J connectivity index is 1.67. The monoisotopic (exact) mass is 398 g/mol. The summed E-state index contributed by atoms with van der Waals surface area (Å²) in [5, 5.41) is 6.31. The van der Waals surface area contributed by atoms with Gasteiger partial charge in [0.05, 0.1) is 17.0 Å². The molecular formula is C26H30N4. The van der Waals surface area contributed by atoms with Gasteiger partial charge in [-0.05, 0) is 94.9 Å². The topological polar surface area (TPSA) is 35.1 Å². The number of fused-ring (bicyclic) bond motifs is 3. The number of rotatable bonds is 4. The second-order valence-electron chi connectivity index (χ2n) is 9.79. The summed E-state index contributed by atoms with van der Waals surface area (Å²) in [7, 11) is 0. The summed E-state index contributed by atoms with van der Waals surface area (Å²) in [6.45, 7) is 10.9. The minimum absolute atomic E-state index is 0.628. The predicted molar refractivity (Wildman–Crippen MR) is 122 cm³/mol. The van der Waals surface area contributed by atoms with E-state index < -0.39 is 0 Å². The molecule has 0 radical (unpaired) electrons. The first-order chi connectivity index (χ1) is 14.4. The van der Waals surface area contributed by atoms with Gasteiger partial charge in [0.1, 0.15) is 5.65 Å². The van der Waals surface area contributed by atoms with E-state index >= 15 is 0 Å². The Bertz CT molecular complexity index is 1280. The molecule has 2 fully saturated rings. The number of hydrogen-bond acceptors (Lipinski definition) is 2. The lowest BCUT2D eigenvalue weighted by atomic mass is 9.94. The molecule has 0 spiro atoms. The standard InChI is InChI=1S/C26H30N4/c1-14-12-15(2)22(16(3)13-14)23-18(5)28-30-25(23)27-17(4)21-10-11-29(26(21)30)24(19-6-7-19)20-8-9-20/h10-13,19-20,24H,6-9H2,1-5H3. The summed E-state index contributed by atoms with van der Waals surface area (Å²) in [4.78, 5) is 5.09. The highest BCUT2D eigenvalue weighted by Gasteiger charge is 2.43. The van der Waals surface area contributed by atoms with E-state index in [1.54, 1.807) is 0 Å². The van der Waals surface area contributed by atoms with Crippen LogP contribution in [0.3, 0.4) is 0 Å². The molecule has 4 nitrogen and oxygen atoms in total. The van der Waals surface area contributed by atoms with Crippen LogP contribution < -0.4 is 0 Å². The Hall–Kier alpha value is -2.62. The van der Waals surface area contributed by atoms with Gasteiger partial charge in [0.2, 0.25) is 0 Å². The lowest BCUT2D eigenvalue weighted by molar-refractivity contribution is 0.402. The molecule has 2 aliphatic rings. The maximum Gasteiger partial charge on any atom is 0.165 e. The first kappa shape index (κ1) is 18.2. The van der Waals surface area contributed by atoms with E-state index in [0.717, 1.165) is 28.9 Å². The maximum absolute atomic E-state index is 5.09. The van der Waals surface area contributed by atoms with Crippen LogP contribution >= 0.6 is 0 Å². The molecule has 0 atom stereocenters. The molecule has 3 heterocycles. The highest BCUT2D eigenvalue weighted by Crippen LogP contribution is 2.53. The van der Waals surface area contributed by atoms with Gasteiger partial charge in [-0.3, -0.25) is 0 Å². The van der Waals surface area contributed by atoms with E-state index in [4.69, 9.17) is 10.1 Å². The predicted octanol–water partition coefficient (Wildman–Crippen LogP) is 6.25. The summed E-state index contributed by atoms with van der Waals surface area (Å²) in [6, 6.07) is 7.43. The maximum atomic E-state index is 5.09. The zero-order chi connectivity index (χ0) is 20.7. The van der Waals surface area contributed by atoms with Crippen molar-refractivity contribution in [1.82, 2.24) is 19.2 Å². The van der Waals surface area contributed by atoms with Crippen LogP contribution in [-0.4, -0.2) is 19.2 Å². The highest BCUT2D eigenvalue weighted by molar-refractivity contribution is 5.89. The fraction of sp³-hybridized carbons (Fsp3) is 0.462. The molecule has 0 N–H and O–H groups in total. The van der Waals surface area contributed by atoms with Crippen LogP contribution in [-0.2, 0) is 0 Å². The Morgan fingerprint density at radius 2 is 1.50 bits per heavy atom. The van der Waals surface area contributed by atoms with E-state index in [1.807, 2.05) is 0 Å². The zero-order valence-corrected chi connectivity index (χ0v) is 18.7. The van der Waals surface area contributed by atoms with E-state index in [9.17, 15) is 0 Å². The largest absolute Gasteiger partial charge is 0.329 e. The minimum atomic E-state index is 0.628. The highest BCUT2D eigenvalue weighted by atomic mass is 15.3. The molecule has 30 heavy (non-hydrogen) atoms. The number of benzene rings is 1. The molecule has 154 valence electrons. The second-order valence-corrected chi connectivity index (χ2v) is 9.79. The number of aromatic nitrogens is 4. The first-order valence-corrected chi connectivity index (χ1v) is 11.4. The molecular weight excluding hydrogens is 368 g/mol. The van der Waals surface area contributed by atoms with Crippen molar-refractivity contribution in [3.63, 3.8) is 0 Å². The third kappa shape index (κ3) is 2.59. The van der Waals surface area contributed by atoms with Crippen molar-refractivity contribution < 1.29 is 0 Å². The van der Waals surface area contributed by atoms with Gasteiger partial charge in [-0.25, -0.2) is 4.98 Å². The molecule has 3 aromatic heterocycles. The third-order valence-electron chi connectivity index (χ3n) is 7.25. The number of hydrogen-bond donors (Lipinski definition) is 0. The van der Waals surface area contributed by atoms with Gasteiger partial charge in [0.15, 0.2) is 5.65 Å². The Morgan fingerprint density at radius 1 is 0.867 bits per heavy atom. The van der Waals surface area contributed by atoms with E-state index in [-0.39, 0.29) is 0 Å². The van der Waals surface area contributed by atoms with Crippen LogP contribution in [0.25, 0.3) is 27.8 Å². The van der Waals surface area contributed by atoms with Gasteiger partial charge in [-0.15, -0.1) is 0 Å². The fourth-order valence-corrected chi connectivity index (χ4v) is 5.75. The molecule has 0 unspecified atom stereocenters. The van der Waals surface area contributed by atoms with Crippen LogP contribution in [0, 0.1) is 46.5 Å². The summed E-state index contributed by atoms with van der Waals surface area (Å²) in [5.74, 6) is 1.68. The summed E-state index contributed by atoms with van der Waals surface area (Å²) < 4.78 is 4.70. The van der Waals surface area contributed by atoms with Crippen molar-refractivity contribution in [3.8, 4) is 11.1 Å². The lowest BCUT2D eigenvalue weighted by Crippen LogP contribution is -2.14. The van der Waals surface area contributed by atoms with Gasteiger partial charge in [0, 0.05) is 17.6 Å². The Labute approximate surface area is 177 Å². The SMILES string of the molecule is Cc1cc(C)c(-c2c(C)nn3c2nc(C)c2ccn(C(C4CC4)C4CC4)c23)c(C)c1. The van der Waals surface area contributed by atoms with E-state index in [1.165, 1.54) is 64.5 Å². The first-order valence-electron chi connectivity index (χ1n) is 11.4. The quantitative estimate of drug-likeness (QED) is 0.407. The average Bonchev–Trinajstić information content (AvgIpc) is 3.59. The van der Waals surface area contributed by atoms with Gasteiger partial charge in [-0.1, -0.05) is 17.7 Å². The van der Waals surface area contributed by atoms with Crippen LogP contribution in [0.2, 0.25) is 0 Å². The fourth-order valence-electron chi connectivity index (χ4n) is 5.75. The van der Waals surface area contributed by atoms with Crippen molar-refractivity contribution >= 4 is 16.7 Å². The van der Waals surface area contributed by atoms with Crippen LogP contribution in [0.15, 0.2) is 24.4 Å². The third-order valence-corrected chi connectivity index (χ3v) is 7.25. The smallest absolute Gasteiger partial charge is 0.165 e. The molecule has 4 aromatic rings. The molecule has 4 heteroatoms. The molecule has 0 bridgehead atoms. The van der Waals surface area contributed by atoms with Crippen LogP contribution in [0.4, 0.5) is 0 Å². The lowest BCUT2D eigenvalue weighted by Gasteiger charge is -2.20. The average molecular weight is 399 g/mol. The molecule has 1 aromatic carbocycles. The van der Waals surface area contributed by atoms with Crippen molar-refractivity contribution in [2.24, 2.45) is 11.8 Å². The van der Waals surface area contributed by atoms with Crippen LogP contribution in [0.5, 0.6) is 0 Å². The molecule has 6 rings (SSSR count). The summed E-state index contributed by atoms with van der Waals surface area (Å²) in [5.41, 5.74) is 10.8. The molecule has 0 saturated heterocycles. The van der Waals surface area contributed by atoms with E-state index in [2.05, 4.69) is 68.1 Å². The number of nitrogens with zero attached hydrogens (tertiary/aromatic N) is 4. The van der Waals surface area contributed by atoms with Crippen molar-refractivity contribution in [2.45, 2.75) is 66.3 Å². The molecule has 0 aliphatic heterocycles. The zero-order valence-electron chi connectivity index (χ0n) is 18.7. The van der Waals surface area contributed by atoms with E-state index in [0.29, 0.717) is 6.04 Å². The molecule has 2 saturated carbocycles. The summed E-state index contributed by atoms with van der Waals surface area (Å²) in [6.07, 6.45) is 7.80. The minimum Gasteiger partial charge on any atom is -0.329 e. The molecule has 2 aliphatic carbocycles. The Morgan fingerprint density at radius 3 is 2.10 bits per heavy atom.